The molecule has 4 heteroatoms. The zero-order chi connectivity index (χ0) is 13.1. The predicted molar refractivity (Wildman–Crippen MR) is 63.1 cm³/mol. The topological polar surface area (TPSA) is 52.6 Å². The average Bonchev–Trinajstić information content (AvgIpc) is 2.36. The van der Waals surface area contributed by atoms with Gasteiger partial charge in [0.2, 0.25) is 0 Å². The fourth-order valence-electron chi connectivity index (χ4n) is 1.98. The second-order valence-corrected chi connectivity index (χ2v) is 3.91. The van der Waals surface area contributed by atoms with Crippen LogP contribution in [0.2, 0.25) is 0 Å². The van der Waals surface area contributed by atoms with E-state index in [4.69, 9.17) is 9.47 Å². The highest BCUT2D eigenvalue weighted by Crippen LogP contribution is 2.40. The monoisotopic (exact) mass is 236 g/mol. The summed E-state index contributed by atoms with van der Waals surface area (Å²) < 4.78 is 9.39. The Balaban J connectivity index is 3.17. The molecule has 0 radical (unpaired) electrons. The Bertz CT molecular complexity index is 388. The fourth-order valence-corrected chi connectivity index (χ4v) is 1.98. The molecule has 0 atom stereocenters. The number of carbonyl (C=O) groups is 2. The molecule has 0 heterocycles. The van der Waals surface area contributed by atoms with Gasteiger partial charge in [0.1, 0.15) is 0 Å². The van der Waals surface area contributed by atoms with Crippen LogP contribution in [0.4, 0.5) is 0 Å². The Morgan fingerprint density at radius 3 is 2.24 bits per heavy atom. The van der Waals surface area contributed by atoms with Gasteiger partial charge in [0.15, 0.2) is 5.41 Å². The molecule has 17 heavy (non-hydrogen) atoms. The molecule has 0 saturated carbocycles. The lowest BCUT2D eigenvalue weighted by Crippen LogP contribution is -2.42. The Hall–Kier alpha value is -1.84. The smallest absolute Gasteiger partial charge is 0.323 e. The number of carbonyl (C=O) groups excluding carboxylic acids is 2. The first kappa shape index (κ1) is 13.2. The standard InChI is InChI=1S/C13H16O4/c1-5-10-6-7-13(8-9(10)2,11(14)16-3)12(15)17-4/h5-6H,1-2,7-8H2,3-4H3. The molecule has 0 amide bonds. The zero-order valence-corrected chi connectivity index (χ0v) is 10.1. The highest BCUT2D eigenvalue weighted by atomic mass is 16.5. The van der Waals surface area contributed by atoms with Gasteiger partial charge >= 0.3 is 11.9 Å². The molecule has 0 unspecified atom stereocenters. The zero-order valence-electron chi connectivity index (χ0n) is 10.1. The van der Waals surface area contributed by atoms with E-state index >= 15 is 0 Å². The summed E-state index contributed by atoms with van der Waals surface area (Å²) in [6.07, 6.45) is 3.85. The van der Waals surface area contributed by atoms with Crippen LogP contribution < -0.4 is 0 Å². The van der Waals surface area contributed by atoms with E-state index in [0.29, 0.717) is 5.57 Å². The number of ether oxygens (including phenoxy) is 2. The number of allylic oxidation sites excluding steroid dienone is 4. The highest BCUT2D eigenvalue weighted by Gasteiger charge is 2.49. The first-order valence-electron chi connectivity index (χ1n) is 5.19. The highest BCUT2D eigenvalue weighted by molar-refractivity contribution is 6.01. The summed E-state index contributed by atoms with van der Waals surface area (Å²) in [5.74, 6) is -1.19. The van der Waals surface area contributed by atoms with Gasteiger partial charge in [0.05, 0.1) is 14.2 Å². The van der Waals surface area contributed by atoms with Crippen LogP contribution in [0.15, 0.2) is 36.5 Å². The Morgan fingerprint density at radius 1 is 1.35 bits per heavy atom. The van der Waals surface area contributed by atoms with Gasteiger partial charge in [-0.3, -0.25) is 9.59 Å². The Morgan fingerprint density at radius 2 is 1.88 bits per heavy atom. The van der Waals surface area contributed by atoms with Crippen LogP contribution >= 0.6 is 0 Å². The molecule has 0 aromatic carbocycles. The third-order valence-corrected chi connectivity index (χ3v) is 2.97. The lowest BCUT2D eigenvalue weighted by molar-refractivity contribution is -0.169. The van der Waals surface area contributed by atoms with Gasteiger partial charge in [-0.05, 0) is 24.0 Å². The largest absolute Gasteiger partial charge is 0.468 e. The van der Waals surface area contributed by atoms with Crippen molar-refractivity contribution < 1.29 is 19.1 Å². The summed E-state index contributed by atoms with van der Waals surface area (Å²) in [4.78, 5) is 23.6. The van der Waals surface area contributed by atoms with Gasteiger partial charge in [-0.15, -0.1) is 0 Å². The lowest BCUT2D eigenvalue weighted by atomic mass is 9.73. The summed E-state index contributed by atoms with van der Waals surface area (Å²) >= 11 is 0. The van der Waals surface area contributed by atoms with Crippen LogP contribution in [-0.4, -0.2) is 26.2 Å². The van der Waals surface area contributed by atoms with Gasteiger partial charge in [-0.1, -0.05) is 25.3 Å². The summed E-state index contributed by atoms with van der Waals surface area (Å²) in [6.45, 7) is 7.49. The molecule has 0 aliphatic heterocycles. The first-order chi connectivity index (χ1) is 8.01. The Labute approximate surface area is 101 Å². The van der Waals surface area contributed by atoms with Gasteiger partial charge in [0.25, 0.3) is 0 Å². The molecule has 4 nitrogen and oxygen atoms in total. The molecule has 92 valence electrons. The SMILES string of the molecule is C=CC1=CCC(C(=O)OC)(C(=O)OC)CC1=C. The van der Waals surface area contributed by atoms with Crippen molar-refractivity contribution in [1.29, 1.82) is 0 Å². The number of methoxy groups -OCH3 is 2. The normalized spacial score (nSPS) is 18.0. The summed E-state index contributed by atoms with van der Waals surface area (Å²) in [5.41, 5.74) is 0.239. The van der Waals surface area contributed by atoms with Crippen molar-refractivity contribution in [3.8, 4) is 0 Å². The maximum atomic E-state index is 11.8. The molecule has 0 spiro atoms. The summed E-state index contributed by atoms with van der Waals surface area (Å²) in [7, 11) is 2.50. The molecular formula is C13H16O4. The van der Waals surface area contributed by atoms with Crippen molar-refractivity contribution in [2.45, 2.75) is 12.8 Å². The van der Waals surface area contributed by atoms with E-state index in [1.54, 1.807) is 12.2 Å². The minimum absolute atomic E-state index is 0.199. The molecule has 0 saturated heterocycles. The van der Waals surface area contributed by atoms with Gasteiger partial charge in [0, 0.05) is 0 Å². The maximum absolute atomic E-state index is 11.8. The minimum atomic E-state index is -1.30. The van der Waals surface area contributed by atoms with Gasteiger partial charge < -0.3 is 9.47 Å². The summed E-state index contributed by atoms with van der Waals surface area (Å²) in [5, 5.41) is 0. The molecular weight excluding hydrogens is 220 g/mol. The second kappa shape index (κ2) is 4.99. The van der Waals surface area contributed by atoms with Gasteiger partial charge in [-0.2, -0.15) is 0 Å². The number of hydrogen-bond donors (Lipinski definition) is 0. The molecule has 1 rings (SSSR count). The molecule has 0 bridgehead atoms. The van der Waals surface area contributed by atoms with E-state index in [1.165, 1.54) is 14.2 Å². The van der Waals surface area contributed by atoms with Crippen molar-refractivity contribution in [1.82, 2.24) is 0 Å². The molecule has 0 aromatic rings. The third kappa shape index (κ3) is 2.16. The Kier molecular flexibility index (Phi) is 3.89. The molecule has 0 aromatic heterocycles. The van der Waals surface area contributed by atoms with Crippen molar-refractivity contribution >= 4 is 11.9 Å². The molecule has 0 N–H and O–H groups in total. The predicted octanol–water partition coefficient (Wildman–Crippen LogP) is 1.78. The second-order valence-electron chi connectivity index (χ2n) is 3.91. The number of hydrogen-bond acceptors (Lipinski definition) is 4. The van der Waals surface area contributed by atoms with Crippen LogP contribution in [0, 0.1) is 5.41 Å². The van der Waals surface area contributed by atoms with Crippen LogP contribution in [-0.2, 0) is 19.1 Å². The van der Waals surface area contributed by atoms with E-state index in [1.807, 2.05) is 0 Å². The molecule has 0 fully saturated rings. The van der Waals surface area contributed by atoms with E-state index in [-0.39, 0.29) is 12.8 Å². The van der Waals surface area contributed by atoms with E-state index in [9.17, 15) is 9.59 Å². The van der Waals surface area contributed by atoms with Crippen LogP contribution in [0.5, 0.6) is 0 Å². The average molecular weight is 236 g/mol. The molecule has 1 aliphatic carbocycles. The van der Waals surface area contributed by atoms with Crippen LogP contribution in [0.1, 0.15) is 12.8 Å². The lowest BCUT2D eigenvalue weighted by Gasteiger charge is -2.31. The van der Waals surface area contributed by atoms with Gasteiger partial charge in [-0.25, -0.2) is 0 Å². The number of rotatable bonds is 3. The summed E-state index contributed by atoms with van der Waals surface area (Å²) in [6, 6.07) is 0. The van der Waals surface area contributed by atoms with Crippen molar-refractivity contribution in [3.63, 3.8) is 0 Å². The van der Waals surface area contributed by atoms with Crippen molar-refractivity contribution in [3.05, 3.63) is 36.5 Å². The number of esters is 2. The van der Waals surface area contributed by atoms with Crippen molar-refractivity contribution in [2.24, 2.45) is 5.41 Å². The van der Waals surface area contributed by atoms with Crippen molar-refractivity contribution in [2.75, 3.05) is 14.2 Å². The molecule has 1 aliphatic rings. The quantitative estimate of drug-likeness (QED) is 0.553. The van der Waals surface area contributed by atoms with E-state index < -0.39 is 17.4 Å². The van der Waals surface area contributed by atoms with Crippen LogP contribution in [0.3, 0.4) is 0 Å². The fraction of sp³-hybridized carbons (Fsp3) is 0.385. The minimum Gasteiger partial charge on any atom is -0.468 e. The third-order valence-electron chi connectivity index (χ3n) is 2.97. The first-order valence-corrected chi connectivity index (χ1v) is 5.19. The maximum Gasteiger partial charge on any atom is 0.323 e. The van der Waals surface area contributed by atoms with Crippen LogP contribution in [0.25, 0.3) is 0 Å². The van der Waals surface area contributed by atoms with E-state index in [0.717, 1.165) is 5.57 Å². The van der Waals surface area contributed by atoms with E-state index in [2.05, 4.69) is 13.2 Å².